The lowest BCUT2D eigenvalue weighted by molar-refractivity contribution is -0.152. The molecule has 0 fully saturated rings. The number of ether oxygens (including phenoxy) is 1. The van der Waals surface area contributed by atoms with E-state index >= 15 is 0 Å². The van der Waals surface area contributed by atoms with Gasteiger partial charge >= 0.3 is 5.97 Å². The quantitative estimate of drug-likeness (QED) is 0.576. The molecule has 0 unspecified atom stereocenters. The molecule has 0 bridgehead atoms. The Morgan fingerprint density at radius 2 is 1.75 bits per heavy atom. The van der Waals surface area contributed by atoms with Gasteiger partial charge in [-0.05, 0) is 11.0 Å². The van der Waals surface area contributed by atoms with Crippen LogP contribution in [0.5, 0.6) is 0 Å². The van der Waals surface area contributed by atoms with Gasteiger partial charge in [0.2, 0.25) is 5.78 Å². The molecule has 0 amide bonds. The van der Waals surface area contributed by atoms with E-state index in [-0.39, 0.29) is 11.8 Å². The fraction of sp³-hybridized carbons (Fsp3) is 0.385. The fourth-order valence-corrected chi connectivity index (χ4v) is 1.58. The number of hydrogen-bond donors (Lipinski definition) is 0. The molecule has 0 saturated heterocycles. The first-order valence-electron chi connectivity index (χ1n) is 5.14. The van der Waals surface area contributed by atoms with E-state index in [4.69, 9.17) is 0 Å². The number of rotatable bonds is 4. The molecule has 0 aromatic heterocycles. The second-order valence-corrected chi connectivity index (χ2v) is 4.34. The van der Waals surface area contributed by atoms with E-state index in [0.29, 0.717) is 0 Å². The summed E-state index contributed by atoms with van der Waals surface area (Å²) in [5.41, 5.74) is 0.680. The molecule has 0 spiro atoms. The topological polar surface area (TPSA) is 43.4 Å². The second-order valence-electron chi connectivity index (χ2n) is 4.34. The summed E-state index contributed by atoms with van der Waals surface area (Å²) in [5.74, 6) is -1.26. The van der Waals surface area contributed by atoms with Crippen LogP contribution < -0.4 is 0 Å². The summed E-state index contributed by atoms with van der Waals surface area (Å²) in [6.45, 7) is 3.87. The number of hydrogen-bond acceptors (Lipinski definition) is 3. The van der Waals surface area contributed by atoms with E-state index in [1.165, 1.54) is 7.11 Å². The largest absolute Gasteiger partial charge is 0.463 e. The summed E-state index contributed by atoms with van der Waals surface area (Å²) < 4.78 is 4.41. The maximum absolute atomic E-state index is 11.5. The summed E-state index contributed by atoms with van der Waals surface area (Å²) in [6, 6.07) is 9.65. The van der Waals surface area contributed by atoms with Crippen molar-refractivity contribution >= 4 is 11.8 Å². The Morgan fingerprint density at radius 3 is 2.25 bits per heavy atom. The van der Waals surface area contributed by atoms with Gasteiger partial charge in [0.1, 0.15) is 0 Å². The van der Waals surface area contributed by atoms with Gasteiger partial charge in [0.25, 0.3) is 0 Å². The maximum Gasteiger partial charge on any atom is 0.374 e. The Hall–Kier alpha value is -1.64. The monoisotopic (exact) mass is 220 g/mol. The van der Waals surface area contributed by atoms with E-state index in [2.05, 4.69) is 4.74 Å². The van der Waals surface area contributed by atoms with Crippen molar-refractivity contribution in [1.29, 1.82) is 0 Å². The lowest BCUT2D eigenvalue weighted by Gasteiger charge is -2.23. The molecule has 1 aromatic rings. The molecule has 0 saturated carbocycles. The molecule has 0 aliphatic carbocycles. The van der Waals surface area contributed by atoms with Crippen molar-refractivity contribution < 1.29 is 14.3 Å². The molecule has 3 nitrogen and oxygen atoms in total. The van der Waals surface area contributed by atoms with Crippen LogP contribution in [0.4, 0.5) is 0 Å². The van der Waals surface area contributed by atoms with Crippen LogP contribution in [0.15, 0.2) is 30.3 Å². The number of methoxy groups -OCH3 is 1. The van der Waals surface area contributed by atoms with Crippen LogP contribution in [0.2, 0.25) is 0 Å². The number of carbonyl (C=O) groups is 2. The van der Waals surface area contributed by atoms with Gasteiger partial charge in [-0.2, -0.15) is 0 Å². The minimum atomic E-state index is -0.774. The molecule has 0 aliphatic heterocycles. The molecular weight excluding hydrogens is 204 g/mol. The van der Waals surface area contributed by atoms with Gasteiger partial charge in [-0.3, -0.25) is 4.79 Å². The lowest BCUT2D eigenvalue weighted by atomic mass is 9.80. The smallest absolute Gasteiger partial charge is 0.374 e. The molecule has 86 valence electrons. The Bertz CT molecular complexity index is 379. The lowest BCUT2D eigenvalue weighted by Crippen LogP contribution is -2.27. The van der Waals surface area contributed by atoms with Crippen molar-refractivity contribution in [1.82, 2.24) is 0 Å². The Kier molecular flexibility index (Phi) is 3.82. The molecule has 0 N–H and O–H groups in total. The van der Waals surface area contributed by atoms with E-state index < -0.39 is 11.8 Å². The van der Waals surface area contributed by atoms with Crippen molar-refractivity contribution in [3.8, 4) is 0 Å². The third-order valence-electron chi connectivity index (χ3n) is 2.57. The highest BCUT2D eigenvalue weighted by atomic mass is 16.5. The Morgan fingerprint density at radius 1 is 1.19 bits per heavy atom. The number of ketones is 1. The third kappa shape index (κ3) is 2.92. The first kappa shape index (κ1) is 12.4. The predicted octanol–water partition coefficient (Wildman–Crippen LogP) is 2.10. The van der Waals surface area contributed by atoms with E-state index in [1.807, 2.05) is 44.2 Å². The highest BCUT2D eigenvalue weighted by Crippen LogP contribution is 2.26. The summed E-state index contributed by atoms with van der Waals surface area (Å²) in [7, 11) is 1.22. The molecule has 0 atom stereocenters. The predicted molar refractivity (Wildman–Crippen MR) is 61.1 cm³/mol. The van der Waals surface area contributed by atoms with E-state index in [1.54, 1.807) is 0 Å². The molecule has 1 rings (SSSR count). The molecule has 0 radical (unpaired) electrons. The summed E-state index contributed by atoms with van der Waals surface area (Å²) in [5, 5.41) is 0. The molecular formula is C13H16O3. The standard InChI is InChI=1S/C13H16O3/c1-13(2,9-11(14)12(15)16-3)10-7-5-4-6-8-10/h4-8H,9H2,1-3H3. The van der Waals surface area contributed by atoms with Gasteiger partial charge in [0.15, 0.2) is 0 Å². The Balaban J connectivity index is 2.80. The molecule has 3 heteroatoms. The van der Waals surface area contributed by atoms with Crippen LogP contribution in [-0.4, -0.2) is 18.9 Å². The molecule has 1 aromatic carbocycles. The van der Waals surface area contributed by atoms with Crippen molar-refractivity contribution in [2.45, 2.75) is 25.7 Å². The first-order valence-corrected chi connectivity index (χ1v) is 5.14. The number of carbonyl (C=O) groups excluding carboxylic acids is 2. The highest BCUT2D eigenvalue weighted by molar-refractivity contribution is 6.33. The summed E-state index contributed by atoms with van der Waals surface area (Å²) in [6.07, 6.45) is 0.156. The average molecular weight is 220 g/mol. The van der Waals surface area contributed by atoms with Gasteiger partial charge in [-0.1, -0.05) is 44.2 Å². The van der Waals surface area contributed by atoms with Crippen LogP contribution in [0.3, 0.4) is 0 Å². The minimum absolute atomic E-state index is 0.156. The van der Waals surface area contributed by atoms with Crippen LogP contribution >= 0.6 is 0 Å². The molecule has 16 heavy (non-hydrogen) atoms. The summed E-state index contributed by atoms with van der Waals surface area (Å²) in [4.78, 5) is 22.5. The SMILES string of the molecule is COC(=O)C(=O)CC(C)(C)c1ccccc1. The van der Waals surface area contributed by atoms with Gasteiger partial charge in [-0.15, -0.1) is 0 Å². The number of benzene rings is 1. The van der Waals surface area contributed by atoms with Crippen molar-refractivity contribution in [2.75, 3.05) is 7.11 Å². The van der Waals surface area contributed by atoms with Gasteiger partial charge < -0.3 is 4.74 Å². The zero-order valence-electron chi connectivity index (χ0n) is 9.82. The van der Waals surface area contributed by atoms with E-state index in [9.17, 15) is 9.59 Å². The summed E-state index contributed by atoms with van der Waals surface area (Å²) >= 11 is 0. The second kappa shape index (κ2) is 4.92. The number of Topliss-reactive ketones (excluding diaryl/α,β-unsaturated/α-hetero) is 1. The van der Waals surface area contributed by atoms with Crippen molar-refractivity contribution in [2.24, 2.45) is 0 Å². The third-order valence-corrected chi connectivity index (χ3v) is 2.57. The molecule has 0 aliphatic rings. The van der Waals surface area contributed by atoms with Gasteiger partial charge in [0.05, 0.1) is 7.11 Å². The first-order chi connectivity index (χ1) is 7.47. The van der Waals surface area contributed by atoms with Crippen LogP contribution in [-0.2, 0) is 19.7 Å². The van der Waals surface area contributed by atoms with Crippen LogP contribution in [0.1, 0.15) is 25.8 Å². The maximum atomic E-state index is 11.5. The van der Waals surface area contributed by atoms with Crippen molar-refractivity contribution in [3.05, 3.63) is 35.9 Å². The Labute approximate surface area is 95.4 Å². The van der Waals surface area contributed by atoms with Gasteiger partial charge in [0, 0.05) is 6.42 Å². The fourth-order valence-electron chi connectivity index (χ4n) is 1.58. The highest BCUT2D eigenvalue weighted by Gasteiger charge is 2.27. The zero-order chi connectivity index (χ0) is 12.2. The molecule has 0 heterocycles. The van der Waals surface area contributed by atoms with E-state index in [0.717, 1.165) is 5.56 Å². The number of esters is 1. The van der Waals surface area contributed by atoms with Crippen LogP contribution in [0, 0.1) is 0 Å². The van der Waals surface area contributed by atoms with Crippen molar-refractivity contribution in [3.63, 3.8) is 0 Å². The van der Waals surface area contributed by atoms with Gasteiger partial charge in [-0.25, -0.2) is 4.79 Å². The van der Waals surface area contributed by atoms with Crippen LogP contribution in [0.25, 0.3) is 0 Å². The normalized spacial score (nSPS) is 10.9. The zero-order valence-corrected chi connectivity index (χ0v) is 9.82. The average Bonchev–Trinajstić information content (AvgIpc) is 2.28. The minimum Gasteiger partial charge on any atom is -0.463 e.